The van der Waals surface area contributed by atoms with Crippen molar-refractivity contribution >= 4 is 39.7 Å². The van der Waals surface area contributed by atoms with Crippen LogP contribution in [0.25, 0.3) is 21.8 Å². The van der Waals surface area contributed by atoms with Gasteiger partial charge in [-0.3, -0.25) is 9.59 Å². The van der Waals surface area contributed by atoms with Crippen LogP contribution >= 0.6 is 0 Å². The lowest BCUT2D eigenvalue weighted by atomic mass is 9.87. The molecule has 2 aliphatic rings. The van der Waals surface area contributed by atoms with Gasteiger partial charge in [-0.15, -0.1) is 0 Å². The smallest absolute Gasteiger partial charge is 0.410 e. The number of rotatable bonds is 8. The molecular weight excluding hydrogens is 751 g/mol. The van der Waals surface area contributed by atoms with Crippen LogP contribution in [0.15, 0.2) is 97.1 Å². The first-order valence-corrected chi connectivity index (χ1v) is 20.3. The Morgan fingerprint density at radius 2 is 1.10 bits per heavy atom. The van der Waals surface area contributed by atoms with Crippen LogP contribution in [0.2, 0.25) is 0 Å². The Morgan fingerprint density at radius 3 is 1.53 bits per heavy atom. The van der Waals surface area contributed by atoms with Gasteiger partial charge in [0.2, 0.25) is 0 Å². The van der Waals surface area contributed by atoms with E-state index in [1.165, 1.54) is 29.8 Å². The van der Waals surface area contributed by atoms with Gasteiger partial charge in [-0.05, 0) is 142 Å². The number of fused-ring (bicyclic) bond motifs is 2. The second-order valence-electron chi connectivity index (χ2n) is 16.5. The van der Waals surface area contributed by atoms with Gasteiger partial charge in [0, 0.05) is 48.0 Å². The molecule has 0 bridgehead atoms. The maximum Gasteiger partial charge on any atom is 0.410 e. The first kappa shape index (κ1) is 41.2. The number of nitrogens with one attached hydrogen (secondary N) is 1. The summed E-state index contributed by atoms with van der Waals surface area (Å²) in [7, 11) is 0. The summed E-state index contributed by atoms with van der Waals surface area (Å²) in [4.78, 5) is 38.5. The summed E-state index contributed by atoms with van der Waals surface area (Å²) in [6.07, 6.45) is 3.50. The highest BCUT2D eigenvalue weighted by Gasteiger charge is 2.29. The van der Waals surface area contributed by atoms with Crippen LogP contribution in [0.4, 0.5) is 13.6 Å². The molecule has 2 saturated heterocycles. The highest BCUT2D eigenvalue weighted by Crippen LogP contribution is 2.36. The number of nitrogens with zero attached hydrogens (tertiary/aromatic N) is 3. The second-order valence-corrected chi connectivity index (χ2v) is 16.5. The molecule has 308 valence electrons. The average molecular weight is 803 g/mol. The van der Waals surface area contributed by atoms with Crippen LogP contribution in [0, 0.1) is 11.6 Å². The summed E-state index contributed by atoms with van der Waals surface area (Å²) >= 11 is 0. The molecule has 12 heteroatoms. The van der Waals surface area contributed by atoms with E-state index in [0.29, 0.717) is 43.5 Å². The molecule has 6 aromatic rings. The van der Waals surface area contributed by atoms with Gasteiger partial charge < -0.3 is 35.6 Å². The number of primary amides is 2. The van der Waals surface area contributed by atoms with Gasteiger partial charge in [-0.2, -0.15) is 0 Å². The molecule has 4 aromatic carbocycles. The molecule has 8 rings (SSSR count). The van der Waals surface area contributed by atoms with Crippen molar-refractivity contribution in [2.45, 2.75) is 77.0 Å². The Balaban J connectivity index is 0.000000184. The molecule has 0 aliphatic carbocycles. The predicted octanol–water partition coefficient (Wildman–Crippen LogP) is 8.44. The minimum Gasteiger partial charge on any atom is -0.444 e. The Bertz CT molecular complexity index is 2490. The number of amides is 3. The number of likely N-dealkylation sites (tertiary alicyclic amines) is 1. The number of ether oxygens (including phenoxy) is 1. The Hall–Kier alpha value is -6.01. The fourth-order valence-electron chi connectivity index (χ4n) is 8.54. The molecule has 59 heavy (non-hydrogen) atoms. The number of nitrogens with two attached hydrogens (primary N) is 2. The fraction of sp³-hybridized carbons (Fsp3) is 0.340. The molecule has 4 heterocycles. The number of hydrogen-bond acceptors (Lipinski definition) is 5. The quantitative estimate of drug-likeness (QED) is 0.142. The van der Waals surface area contributed by atoms with E-state index in [1.54, 1.807) is 17.0 Å². The van der Waals surface area contributed by atoms with Gasteiger partial charge in [-0.1, -0.05) is 48.5 Å². The van der Waals surface area contributed by atoms with Crippen molar-refractivity contribution in [1.29, 1.82) is 0 Å². The molecule has 5 N–H and O–H groups in total. The van der Waals surface area contributed by atoms with E-state index < -0.39 is 17.4 Å². The number of piperidine rings is 2. The number of halogens is 2. The molecule has 0 radical (unpaired) electrons. The Labute approximate surface area is 343 Å². The predicted molar refractivity (Wildman–Crippen MR) is 227 cm³/mol. The molecule has 0 spiro atoms. The summed E-state index contributed by atoms with van der Waals surface area (Å²) in [6.45, 7) is 9.59. The van der Waals surface area contributed by atoms with Crippen molar-refractivity contribution < 1.29 is 27.9 Å². The standard InChI is InChI=1S/C26H30FN3O3.C21H22FN3O/c1-26(2,3)33-25(32)29-12-10-18(11-13-29)20-8-5-9-22-21(20)15-23(24(28)31)30(22)16-17-6-4-7-19(27)14-17;22-16-4-1-3-14(11-16)13-25-19-6-2-5-17(15-7-9-24-10-8-15)18(19)12-20(25)21(23)26/h4-9,14-15,18H,10-13,16H2,1-3H3,(H2,28,31);1-6,11-12,15,24H,7-10,13H2,(H2,23,26). The third-order valence-corrected chi connectivity index (χ3v) is 11.3. The van der Waals surface area contributed by atoms with Gasteiger partial charge in [0.1, 0.15) is 28.6 Å². The monoisotopic (exact) mass is 802 g/mol. The first-order valence-electron chi connectivity index (χ1n) is 20.3. The molecule has 2 aromatic heterocycles. The van der Waals surface area contributed by atoms with Crippen molar-refractivity contribution in [3.8, 4) is 0 Å². The van der Waals surface area contributed by atoms with Crippen LogP contribution in [0.5, 0.6) is 0 Å². The molecule has 2 fully saturated rings. The van der Waals surface area contributed by atoms with Crippen LogP contribution in [0.1, 0.15) is 102 Å². The topological polar surface area (TPSA) is 138 Å². The zero-order chi connectivity index (χ0) is 41.8. The second kappa shape index (κ2) is 17.5. The lowest BCUT2D eigenvalue weighted by Crippen LogP contribution is -2.41. The van der Waals surface area contributed by atoms with Crippen molar-refractivity contribution in [2.24, 2.45) is 11.5 Å². The van der Waals surface area contributed by atoms with E-state index in [1.807, 2.05) is 78.4 Å². The van der Waals surface area contributed by atoms with E-state index in [2.05, 4.69) is 17.4 Å². The summed E-state index contributed by atoms with van der Waals surface area (Å²) in [6, 6.07) is 28.7. The largest absolute Gasteiger partial charge is 0.444 e. The Morgan fingerprint density at radius 1 is 0.661 bits per heavy atom. The third kappa shape index (κ3) is 9.49. The summed E-state index contributed by atoms with van der Waals surface area (Å²) in [5, 5.41) is 5.43. The van der Waals surface area contributed by atoms with Gasteiger partial charge >= 0.3 is 6.09 Å². The molecule has 2 aliphatic heterocycles. The van der Waals surface area contributed by atoms with E-state index in [4.69, 9.17) is 16.2 Å². The number of aromatic nitrogens is 2. The third-order valence-electron chi connectivity index (χ3n) is 11.3. The minimum atomic E-state index is -0.520. The van der Waals surface area contributed by atoms with Crippen LogP contribution in [-0.4, -0.2) is 63.7 Å². The van der Waals surface area contributed by atoms with Crippen LogP contribution in [0.3, 0.4) is 0 Å². The molecular formula is C47H52F2N6O4. The molecule has 3 amide bonds. The van der Waals surface area contributed by atoms with Gasteiger partial charge in [0.15, 0.2) is 0 Å². The van der Waals surface area contributed by atoms with Gasteiger partial charge in [0.05, 0.1) is 0 Å². The van der Waals surface area contributed by atoms with Crippen LogP contribution < -0.4 is 16.8 Å². The van der Waals surface area contributed by atoms with Crippen LogP contribution in [-0.2, 0) is 17.8 Å². The van der Waals surface area contributed by atoms with Crippen molar-refractivity contribution in [2.75, 3.05) is 26.2 Å². The van der Waals surface area contributed by atoms with Crippen molar-refractivity contribution in [1.82, 2.24) is 19.4 Å². The highest BCUT2D eigenvalue weighted by atomic mass is 19.1. The zero-order valence-electron chi connectivity index (χ0n) is 33.8. The van der Waals surface area contributed by atoms with E-state index in [0.717, 1.165) is 77.3 Å². The van der Waals surface area contributed by atoms with E-state index >= 15 is 0 Å². The first-order chi connectivity index (χ1) is 28.3. The summed E-state index contributed by atoms with van der Waals surface area (Å²) < 4.78 is 36.5. The Kier molecular flexibility index (Phi) is 12.2. The average Bonchev–Trinajstić information content (AvgIpc) is 3.77. The van der Waals surface area contributed by atoms with Gasteiger partial charge in [-0.25, -0.2) is 13.6 Å². The maximum absolute atomic E-state index is 13.7. The number of hydrogen-bond donors (Lipinski definition) is 3. The van der Waals surface area contributed by atoms with E-state index in [9.17, 15) is 23.2 Å². The molecule has 10 nitrogen and oxygen atoms in total. The van der Waals surface area contributed by atoms with Gasteiger partial charge in [0.25, 0.3) is 11.8 Å². The number of carbonyl (C=O) groups excluding carboxylic acids is 3. The van der Waals surface area contributed by atoms with Crippen molar-refractivity contribution in [3.05, 3.63) is 142 Å². The minimum absolute atomic E-state index is 0.248. The molecule has 0 unspecified atom stereocenters. The molecule has 0 saturated carbocycles. The summed E-state index contributed by atoms with van der Waals surface area (Å²) in [5.74, 6) is -0.858. The molecule has 0 atom stereocenters. The summed E-state index contributed by atoms with van der Waals surface area (Å²) in [5.41, 5.74) is 17.5. The van der Waals surface area contributed by atoms with E-state index in [-0.39, 0.29) is 23.6 Å². The van der Waals surface area contributed by atoms with Crippen molar-refractivity contribution in [3.63, 3.8) is 0 Å². The SMILES string of the molecule is CC(C)(C)OC(=O)N1CCC(c2cccc3c2cc(C(N)=O)n3Cc2cccc(F)c2)CC1.NC(=O)c1cc2c(C3CCNCC3)cccc2n1Cc1cccc(F)c1. The maximum atomic E-state index is 13.7. The highest BCUT2D eigenvalue weighted by molar-refractivity contribution is 6.00. The normalized spacial score (nSPS) is 15.2. The fourth-order valence-corrected chi connectivity index (χ4v) is 8.54. The zero-order valence-corrected chi connectivity index (χ0v) is 33.8. The lowest BCUT2D eigenvalue weighted by Gasteiger charge is -2.33. The number of benzene rings is 4. The lowest BCUT2D eigenvalue weighted by molar-refractivity contribution is 0.0205. The number of carbonyl (C=O) groups is 3.